The second kappa shape index (κ2) is 10.7. The molecule has 35 heavy (non-hydrogen) atoms. The van der Waals surface area contributed by atoms with Crippen molar-refractivity contribution in [3.05, 3.63) is 100 Å². The highest BCUT2D eigenvalue weighted by molar-refractivity contribution is 8.00. The van der Waals surface area contributed by atoms with Gasteiger partial charge in [-0.15, -0.1) is 0 Å². The van der Waals surface area contributed by atoms with E-state index in [0.29, 0.717) is 28.2 Å². The van der Waals surface area contributed by atoms with Crippen molar-refractivity contribution in [3.63, 3.8) is 0 Å². The molecular formula is C27H26FN3O3S. The number of para-hydroxylation sites is 1. The minimum absolute atomic E-state index is 0.141. The van der Waals surface area contributed by atoms with Crippen molar-refractivity contribution >= 4 is 28.6 Å². The number of fused-ring (bicyclic) bond motifs is 1. The van der Waals surface area contributed by atoms with Crippen LogP contribution in [0.25, 0.3) is 10.9 Å². The zero-order chi connectivity index (χ0) is 24.9. The van der Waals surface area contributed by atoms with Gasteiger partial charge in [-0.25, -0.2) is 9.37 Å². The summed E-state index contributed by atoms with van der Waals surface area (Å²) < 4.78 is 20.4. The maximum atomic E-state index is 13.5. The second-order valence-corrected chi connectivity index (χ2v) is 9.54. The summed E-state index contributed by atoms with van der Waals surface area (Å²) >= 11 is 1.24. The number of methoxy groups -OCH3 is 1. The van der Waals surface area contributed by atoms with Crippen molar-refractivity contribution in [2.45, 2.75) is 30.4 Å². The van der Waals surface area contributed by atoms with Crippen LogP contribution < -0.4 is 10.3 Å². The normalized spacial score (nSPS) is 11.9. The molecule has 0 saturated carbocycles. The fourth-order valence-corrected chi connectivity index (χ4v) is 4.82. The van der Waals surface area contributed by atoms with E-state index in [2.05, 4.69) is 0 Å². The van der Waals surface area contributed by atoms with Gasteiger partial charge in [-0.05, 0) is 54.4 Å². The van der Waals surface area contributed by atoms with E-state index in [1.165, 1.54) is 23.9 Å². The summed E-state index contributed by atoms with van der Waals surface area (Å²) in [5.74, 6) is 0.249. The van der Waals surface area contributed by atoms with Crippen LogP contribution in [-0.4, -0.2) is 39.8 Å². The Kier molecular flexibility index (Phi) is 7.51. The number of hydrogen-bond donors (Lipinski definition) is 0. The highest BCUT2D eigenvalue weighted by Gasteiger charge is 2.22. The second-order valence-electron chi connectivity index (χ2n) is 8.24. The van der Waals surface area contributed by atoms with Gasteiger partial charge in [0.15, 0.2) is 5.16 Å². The Balaban J connectivity index is 1.61. The molecule has 0 radical (unpaired) electrons. The Morgan fingerprint density at radius 3 is 2.54 bits per heavy atom. The maximum Gasteiger partial charge on any atom is 0.262 e. The number of aromatic nitrogens is 2. The molecule has 0 saturated heterocycles. The third-order valence-corrected chi connectivity index (χ3v) is 6.72. The molecule has 0 aliphatic rings. The summed E-state index contributed by atoms with van der Waals surface area (Å²) in [7, 11) is 3.29. The van der Waals surface area contributed by atoms with Crippen molar-refractivity contribution in [1.82, 2.24) is 14.5 Å². The molecule has 4 aromatic rings. The lowest BCUT2D eigenvalue weighted by molar-refractivity contribution is -0.129. The Morgan fingerprint density at radius 1 is 1.09 bits per heavy atom. The molecule has 1 atom stereocenters. The fourth-order valence-electron chi connectivity index (χ4n) is 3.80. The van der Waals surface area contributed by atoms with Crippen molar-refractivity contribution in [1.29, 1.82) is 0 Å². The number of nitrogens with zero attached hydrogens (tertiary/aromatic N) is 3. The molecule has 0 fully saturated rings. The van der Waals surface area contributed by atoms with E-state index in [0.717, 1.165) is 11.3 Å². The number of amides is 1. The topological polar surface area (TPSA) is 64.4 Å². The first-order valence-electron chi connectivity index (χ1n) is 11.1. The van der Waals surface area contributed by atoms with E-state index in [1.807, 2.05) is 36.4 Å². The number of rotatable bonds is 8. The first kappa shape index (κ1) is 24.5. The van der Waals surface area contributed by atoms with Gasteiger partial charge in [-0.1, -0.05) is 48.2 Å². The van der Waals surface area contributed by atoms with E-state index in [-0.39, 0.29) is 23.8 Å². The summed E-state index contributed by atoms with van der Waals surface area (Å²) in [5, 5.41) is 0.473. The molecule has 1 amide bonds. The lowest BCUT2D eigenvalue weighted by atomic mass is 10.2. The molecule has 8 heteroatoms. The summed E-state index contributed by atoms with van der Waals surface area (Å²) in [6.07, 6.45) is 0. The molecule has 6 nitrogen and oxygen atoms in total. The Bertz CT molecular complexity index is 1410. The highest BCUT2D eigenvalue weighted by Crippen LogP contribution is 2.25. The number of halogens is 1. The number of hydrogen-bond acceptors (Lipinski definition) is 5. The predicted molar refractivity (Wildman–Crippen MR) is 136 cm³/mol. The van der Waals surface area contributed by atoms with Gasteiger partial charge in [0.25, 0.3) is 5.56 Å². The van der Waals surface area contributed by atoms with Crippen LogP contribution in [0.1, 0.15) is 18.1 Å². The molecule has 4 rings (SSSR count). The third-order valence-electron chi connectivity index (χ3n) is 5.64. The van der Waals surface area contributed by atoms with Crippen molar-refractivity contribution < 1.29 is 13.9 Å². The Morgan fingerprint density at radius 2 is 1.83 bits per heavy atom. The zero-order valence-electron chi connectivity index (χ0n) is 19.8. The largest absolute Gasteiger partial charge is 0.497 e. The Hall–Kier alpha value is -3.65. The first-order valence-corrected chi connectivity index (χ1v) is 12.0. The van der Waals surface area contributed by atoms with Gasteiger partial charge in [0.2, 0.25) is 5.91 Å². The van der Waals surface area contributed by atoms with E-state index in [4.69, 9.17) is 9.72 Å². The minimum Gasteiger partial charge on any atom is -0.497 e. The average molecular weight is 492 g/mol. The van der Waals surface area contributed by atoms with Crippen LogP contribution in [0.15, 0.2) is 82.7 Å². The molecule has 1 heterocycles. The van der Waals surface area contributed by atoms with Crippen LogP contribution in [0.2, 0.25) is 0 Å². The summed E-state index contributed by atoms with van der Waals surface area (Å²) in [6, 6.07) is 20.9. The van der Waals surface area contributed by atoms with Gasteiger partial charge < -0.3 is 9.64 Å². The van der Waals surface area contributed by atoms with E-state index >= 15 is 0 Å². The molecule has 1 unspecified atom stereocenters. The van der Waals surface area contributed by atoms with Crippen molar-refractivity contribution in [2.75, 3.05) is 14.2 Å². The number of carbonyl (C=O) groups excluding carboxylic acids is 1. The smallest absolute Gasteiger partial charge is 0.262 e. The van der Waals surface area contributed by atoms with Gasteiger partial charge in [0.05, 0.1) is 29.8 Å². The average Bonchev–Trinajstić information content (AvgIpc) is 2.86. The minimum atomic E-state index is -0.510. The quantitative estimate of drug-likeness (QED) is 0.263. The van der Waals surface area contributed by atoms with E-state index in [9.17, 15) is 14.0 Å². The first-order chi connectivity index (χ1) is 16.9. The fraction of sp³-hybridized carbons (Fsp3) is 0.222. The molecule has 0 aliphatic carbocycles. The third kappa shape index (κ3) is 5.71. The Labute approximate surface area is 207 Å². The zero-order valence-corrected chi connectivity index (χ0v) is 20.6. The standard InChI is InChI=1S/C27H26FN3O3S/c1-18(25(32)30(2)16-20-7-6-8-21(28)15-20)35-27-29-24-10-5-4-9-23(24)26(33)31(27)17-19-11-13-22(34-3)14-12-19/h4-15,18H,16-17H2,1-3H3. The maximum absolute atomic E-state index is 13.5. The van der Waals surface area contributed by atoms with Crippen LogP contribution in [0.4, 0.5) is 4.39 Å². The molecule has 180 valence electrons. The van der Waals surface area contributed by atoms with Gasteiger partial charge in [-0.2, -0.15) is 0 Å². The summed E-state index contributed by atoms with van der Waals surface area (Å²) in [6.45, 7) is 2.38. The van der Waals surface area contributed by atoms with Gasteiger partial charge in [0, 0.05) is 13.6 Å². The van der Waals surface area contributed by atoms with Gasteiger partial charge in [-0.3, -0.25) is 14.2 Å². The molecular weight excluding hydrogens is 465 g/mol. The molecule has 1 aromatic heterocycles. The number of thioether (sulfide) groups is 1. The molecule has 0 N–H and O–H groups in total. The lowest BCUT2D eigenvalue weighted by Gasteiger charge is -2.22. The molecule has 0 spiro atoms. The van der Waals surface area contributed by atoms with Crippen LogP contribution in [0, 0.1) is 5.82 Å². The summed E-state index contributed by atoms with van der Waals surface area (Å²) in [5.41, 5.74) is 2.03. The monoisotopic (exact) mass is 491 g/mol. The van der Waals surface area contributed by atoms with Crippen LogP contribution in [0.3, 0.4) is 0 Å². The summed E-state index contributed by atoms with van der Waals surface area (Å²) in [4.78, 5) is 32.8. The highest BCUT2D eigenvalue weighted by atomic mass is 32.2. The lowest BCUT2D eigenvalue weighted by Crippen LogP contribution is -2.33. The predicted octanol–water partition coefficient (Wildman–Crippen LogP) is 4.73. The number of ether oxygens (including phenoxy) is 1. The number of benzene rings is 3. The van der Waals surface area contributed by atoms with E-state index < -0.39 is 5.25 Å². The number of carbonyl (C=O) groups is 1. The van der Waals surface area contributed by atoms with Gasteiger partial charge in [0.1, 0.15) is 11.6 Å². The van der Waals surface area contributed by atoms with E-state index in [1.54, 1.807) is 54.8 Å². The molecule has 0 aliphatic heterocycles. The van der Waals surface area contributed by atoms with Crippen LogP contribution in [-0.2, 0) is 17.9 Å². The molecule has 0 bridgehead atoms. The molecule has 3 aromatic carbocycles. The van der Waals surface area contributed by atoms with Crippen molar-refractivity contribution in [3.8, 4) is 5.75 Å². The van der Waals surface area contributed by atoms with Gasteiger partial charge >= 0.3 is 0 Å². The SMILES string of the molecule is COc1ccc(Cn2c(SC(C)C(=O)N(C)Cc3cccc(F)c3)nc3ccccc3c2=O)cc1. The van der Waals surface area contributed by atoms with Crippen molar-refractivity contribution in [2.24, 2.45) is 0 Å². The van der Waals surface area contributed by atoms with Crippen LogP contribution >= 0.6 is 11.8 Å². The van der Waals surface area contributed by atoms with Crippen LogP contribution in [0.5, 0.6) is 5.75 Å².